The van der Waals surface area contributed by atoms with E-state index in [2.05, 4.69) is 9.97 Å². The summed E-state index contributed by atoms with van der Waals surface area (Å²) in [5.74, 6) is 0.395. The summed E-state index contributed by atoms with van der Waals surface area (Å²) < 4.78 is 0. The van der Waals surface area contributed by atoms with Gasteiger partial charge in [-0.05, 0) is 25.5 Å². The summed E-state index contributed by atoms with van der Waals surface area (Å²) in [6.45, 7) is 3.49. The van der Waals surface area contributed by atoms with Gasteiger partial charge in [0.2, 0.25) is 5.91 Å². The summed E-state index contributed by atoms with van der Waals surface area (Å²) in [7, 11) is 0. The van der Waals surface area contributed by atoms with E-state index in [1.165, 1.54) is 16.7 Å². The highest BCUT2D eigenvalue weighted by Gasteiger charge is 2.21. The van der Waals surface area contributed by atoms with Gasteiger partial charge in [0.1, 0.15) is 12.4 Å². The van der Waals surface area contributed by atoms with E-state index in [1.54, 1.807) is 18.2 Å². The van der Waals surface area contributed by atoms with Gasteiger partial charge in [-0.25, -0.2) is 4.98 Å². The first-order valence-corrected chi connectivity index (χ1v) is 9.64. The number of aromatic amines is 1. The second-order valence-corrected chi connectivity index (χ2v) is 7.11. The predicted octanol–water partition coefficient (Wildman–Crippen LogP) is 2.26. The van der Waals surface area contributed by atoms with Gasteiger partial charge in [0, 0.05) is 18.2 Å². The van der Waals surface area contributed by atoms with Gasteiger partial charge < -0.3 is 15.0 Å². The Labute approximate surface area is 155 Å². The number of amides is 1. The third-order valence-corrected chi connectivity index (χ3v) is 5.08. The van der Waals surface area contributed by atoms with Gasteiger partial charge >= 0.3 is 5.97 Å². The van der Waals surface area contributed by atoms with Crippen LogP contribution in [0.3, 0.4) is 0 Å². The first-order valence-electron chi connectivity index (χ1n) is 8.49. The standard InChI is InChI=1S/C18H23N3O4S/c1-3-12(2)21(10-17(23)24)16(22)8-9-26-11-15-19-14-7-5-4-6-13(14)18(25)20-15/h4-7,12H,3,8-11H2,1-2H3,(H,23,24)(H,19,20,25). The summed E-state index contributed by atoms with van der Waals surface area (Å²) in [5, 5.41) is 9.52. The minimum atomic E-state index is -1.01. The molecule has 1 atom stereocenters. The molecule has 1 aromatic heterocycles. The molecule has 0 fully saturated rings. The lowest BCUT2D eigenvalue weighted by molar-refractivity contribution is -0.145. The summed E-state index contributed by atoms with van der Waals surface area (Å²) in [4.78, 5) is 43.8. The van der Waals surface area contributed by atoms with Crippen LogP contribution in [0.1, 0.15) is 32.5 Å². The molecule has 0 aliphatic rings. The van der Waals surface area contributed by atoms with Crippen LogP contribution >= 0.6 is 11.8 Å². The van der Waals surface area contributed by atoms with E-state index in [1.807, 2.05) is 19.9 Å². The van der Waals surface area contributed by atoms with Gasteiger partial charge in [-0.2, -0.15) is 11.8 Å². The van der Waals surface area contributed by atoms with E-state index < -0.39 is 5.97 Å². The average molecular weight is 377 g/mol. The third kappa shape index (κ3) is 5.32. The number of hydrogen-bond donors (Lipinski definition) is 2. The highest BCUT2D eigenvalue weighted by Crippen LogP contribution is 2.14. The molecule has 2 N–H and O–H groups in total. The van der Waals surface area contributed by atoms with Gasteiger partial charge in [-0.15, -0.1) is 0 Å². The molecule has 8 heteroatoms. The van der Waals surface area contributed by atoms with Crippen molar-refractivity contribution in [3.05, 3.63) is 40.4 Å². The van der Waals surface area contributed by atoms with Crippen molar-refractivity contribution in [3.8, 4) is 0 Å². The first-order chi connectivity index (χ1) is 12.4. The zero-order chi connectivity index (χ0) is 19.1. The number of benzene rings is 1. The molecule has 7 nitrogen and oxygen atoms in total. The van der Waals surface area contributed by atoms with Crippen molar-refractivity contribution < 1.29 is 14.7 Å². The molecule has 0 radical (unpaired) electrons. The molecule has 0 bridgehead atoms. The monoisotopic (exact) mass is 377 g/mol. The minimum absolute atomic E-state index is 0.109. The molecule has 26 heavy (non-hydrogen) atoms. The highest BCUT2D eigenvalue weighted by molar-refractivity contribution is 7.98. The molecule has 0 spiro atoms. The number of carbonyl (C=O) groups excluding carboxylic acids is 1. The van der Waals surface area contributed by atoms with Crippen LogP contribution in [0.25, 0.3) is 10.9 Å². The number of fused-ring (bicyclic) bond motifs is 1. The molecule has 1 unspecified atom stereocenters. The first kappa shape index (κ1) is 20.0. The van der Waals surface area contributed by atoms with E-state index in [9.17, 15) is 14.4 Å². The number of aromatic nitrogens is 2. The van der Waals surface area contributed by atoms with Gasteiger partial charge in [0.25, 0.3) is 5.56 Å². The zero-order valence-electron chi connectivity index (χ0n) is 14.9. The van der Waals surface area contributed by atoms with Crippen molar-refractivity contribution >= 4 is 34.5 Å². The minimum Gasteiger partial charge on any atom is -0.480 e. The van der Waals surface area contributed by atoms with Crippen molar-refractivity contribution in [1.82, 2.24) is 14.9 Å². The number of thioether (sulfide) groups is 1. The lowest BCUT2D eigenvalue weighted by Crippen LogP contribution is -2.41. The summed E-state index contributed by atoms with van der Waals surface area (Å²) in [6.07, 6.45) is 0.953. The molecule has 1 amide bonds. The summed E-state index contributed by atoms with van der Waals surface area (Å²) in [6, 6.07) is 7.03. The van der Waals surface area contributed by atoms with Crippen molar-refractivity contribution in [2.45, 2.75) is 38.5 Å². The molecule has 0 aliphatic heterocycles. The van der Waals surface area contributed by atoms with Crippen molar-refractivity contribution in [3.63, 3.8) is 0 Å². The van der Waals surface area contributed by atoms with Crippen LogP contribution in [0, 0.1) is 0 Å². The Morgan fingerprint density at radius 1 is 1.35 bits per heavy atom. The predicted molar refractivity (Wildman–Crippen MR) is 102 cm³/mol. The number of carbonyl (C=O) groups is 2. The number of nitrogens with zero attached hydrogens (tertiary/aromatic N) is 2. The quantitative estimate of drug-likeness (QED) is 0.650. The topological polar surface area (TPSA) is 103 Å². The number of carboxylic acid groups (broad SMARTS) is 1. The number of hydrogen-bond acceptors (Lipinski definition) is 5. The Hall–Kier alpha value is -2.35. The van der Waals surface area contributed by atoms with E-state index in [4.69, 9.17) is 5.11 Å². The molecule has 1 aromatic carbocycles. The largest absolute Gasteiger partial charge is 0.480 e. The third-order valence-electron chi connectivity index (χ3n) is 4.11. The Bertz CT molecular complexity index is 837. The fourth-order valence-electron chi connectivity index (χ4n) is 2.53. The lowest BCUT2D eigenvalue weighted by Gasteiger charge is -2.26. The molecule has 0 aliphatic carbocycles. The van der Waals surface area contributed by atoms with Gasteiger partial charge in [0.15, 0.2) is 0 Å². The number of rotatable bonds is 9. The maximum absolute atomic E-state index is 12.3. The lowest BCUT2D eigenvalue weighted by atomic mass is 10.2. The second kappa shape index (κ2) is 9.38. The Morgan fingerprint density at radius 2 is 2.08 bits per heavy atom. The number of para-hydroxylation sites is 1. The van der Waals surface area contributed by atoms with Crippen LogP contribution < -0.4 is 5.56 Å². The maximum atomic E-state index is 12.3. The summed E-state index contributed by atoms with van der Waals surface area (Å²) >= 11 is 1.48. The molecular formula is C18H23N3O4S. The highest BCUT2D eigenvalue weighted by atomic mass is 32.2. The number of nitrogens with one attached hydrogen (secondary N) is 1. The van der Waals surface area contributed by atoms with Crippen LogP contribution in [0.4, 0.5) is 0 Å². The van der Waals surface area contributed by atoms with E-state index in [0.717, 1.165) is 0 Å². The van der Waals surface area contributed by atoms with Crippen molar-refractivity contribution in [1.29, 1.82) is 0 Å². The number of aliphatic carboxylic acids is 1. The molecule has 1 heterocycles. The normalized spacial score (nSPS) is 12.1. The van der Waals surface area contributed by atoms with E-state index in [-0.39, 0.29) is 30.5 Å². The van der Waals surface area contributed by atoms with Crippen LogP contribution in [0.5, 0.6) is 0 Å². The van der Waals surface area contributed by atoms with Crippen LogP contribution in [0.15, 0.2) is 29.1 Å². The summed E-state index contributed by atoms with van der Waals surface area (Å²) in [5.41, 5.74) is 0.471. The van der Waals surface area contributed by atoms with Crippen LogP contribution in [0.2, 0.25) is 0 Å². The molecule has 2 rings (SSSR count). The van der Waals surface area contributed by atoms with Crippen LogP contribution in [-0.2, 0) is 15.3 Å². The Morgan fingerprint density at radius 3 is 2.77 bits per heavy atom. The van der Waals surface area contributed by atoms with Gasteiger partial charge in [-0.1, -0.05) is 19.1 Å². The Balaban J connectivity index is 1.90. The van der Waals surface area contributed by atoms with E-state index in [0.29, 0.717) is 34.7 Å². The van der Waals surface area contributed by atoms with Crippen molar-refractivity contribution in [2.24, 2.45) is 0 Å². The molecular weight excluding hydrogens is 354 g/mol. The van der Waals surface area contributed by atoms with E-state index >= 15 is 0 Å². The number of H-pyrrole nitrogens is 1. The number of carboxylic acids is 1. The fraction of sp³-hybridized carbons (Fsp3) is 0.444. The van der Waals surface area contributed by atoms with Crippen LogP contribution in [-0.4, -0.2) is 50.2 Å². The smallest absolute Gasteiger partial charge is 0.323 e. The average Bonchev–Trinajstić information content (AvgIpc) is 2.62. The second-order valence-electron chi connectivity index (χ2n) is 6.01. The molecule has 140 valence electrons. The van der Waals surface area contributed by atoms with Crippen molar-refractivity contribution in [2.75, 3.05) is 12.3 Å². The van der Waals surface area contributed by atoms with Gasteiger partial charge in [-0.3, -0.25) is 14.4 Å². The fourth-order valence-corrected chi connectivity index (χ4v) is 3.32. The molecule has 0 saturated carbocycles. The zero-order valence-corrected chi connectivity index (χ0v) is 15.7. The SMILES string of the molecule is CCC(C)N(CC(=O)O)C(=O)CCSCc1nc2ccccc2c(=O)[nH]1. The Kier molecular flexibility index (Phi) is 7.20. The van der Waals surface area contributed by atoms with Gasteiger partial charge in [0.05, 0.1) is 16.7 Å². The molecule has 0 saturated heterocycles. The maximum Gasteiger partial charge on any atom is 0.323 e. The molecule has 2 aromatic rings.